The van der Waals surface area contributed by atoms with Crippen molar-refractivity contribution >= 4 is 10.0 Å². The molecule has 1 aromatic heterocycles. The third-order valence-corrected chi connectivity index (χ3v) is 4.29. The number of pyridine rings is 1. The van der Waals surface area contributed by atoms with Crippen LogP contribution in [0.25, 0.3) is 11.1 Å². The van der Waals surface area contributed by atoms with E-state index in [9.17, 15) is 21.6 Å². The van der Waals surface area contributed by atoms with Crippen LogP contribution >= 0.6 is 0 Å². The minimum Gasteiger partial charge on any atom is -0.263 e. The standard InChI is InChI=1S/C13H11F3N2O2S/c1-17-21(19,20)12-5-3-2-4-11(12)9-6-10(8-18-7-9)13(14,15)16/h2-8,17H,1H3. The van der Waals surface area contributed by atoms with E-state index in [2.05, 4.69) is 9.71 Å². The van der Waals surface area contributed by atoms with Crippen LogP contribution in [0.2, 0.25) is 0 Å². The summed E-state index contributed by atoms with van der Waals surface area (Å²) >= 11 is 0. The molecule has 0 amide bonds. The molecule has 0 radical (unpaired) electrons. The van der Waals surface area contributed by atoms with Gasteiger partial charge in [-0.1, -0.05) is 18.2 Å². The number of halogens is 3. The number of nitrogens with zero attached hydrogens (tertiary/aromatic N) is 1. The molecule has 21 heavy (non-hydrogen) atoms. The van der Waals surface area contributed by atoms with Gasteiger partial charge < -0.3 is 0 Å². The average Bonchev–Trinajstić information content (AvgIpc) is 2.46. The fourth-order valence-electron chi connectivity index (χ4n) is 1.79. The maximum absolute atomic E-state index is 12.7. The van der Waals surface area contributed by atoms with Crippen LogP contribution in [0.5, 0.6) is 0 Å². The quantitative estimate of drug-likeness (QED) is 0.947. The Morgan fingerprint density at radius 2 is 1.81 bits per heavy atom. The van der Waals surface area contributed by atoms with Gasteiger partial charge in [0.2, 0.25) is 10.0 Å². The van der Waals surface area contributed by atoms with Gasteiger partial charge in [-0.05, 0) is 19.2 Å². The Bertz CT molecular complexity index is 758. The third kappa shape index (κ3) is 3.22. The highest BCUT2D eigenvalue weighted by Gasteiger charge is 2.31. The van der Waals surface area contributed by atoms with Crippen molar-refractivity contribution in [3.05, 3.63) is 48.3 Å². The van der Waals surface area contributed by atoms with Crippen LogP contribution in [0.4, 0.5) is 13.2 Å². The molecular weight excluding hydrogens is 305 g/mol. The number of aromatic nitrogens is 1. The van der Waals surface area contributed by atoms with Crippen molar-refractivity contribution in [1.82, 2.24) is 9.71 Å². The lowest BCUT2D eigenvalue weighted by atomic mass is 10.1. The van der Waals surface area contributed by atoms with Gasteiger partial charge in [0.25, 0.3) is 0 Å². The number of sulfonamides is 1. The van der Waals surface area contributed by atoms with Gasteiger partial charge >= 0.3 is 6.18 Å². The van der Waals surface area contributed by atoms with Crippen LogP contribution in [0.15, 0.2) is 47.6 Å². The SMILES string of the molecule is CNS(=O)(=O)c1ccccc1-c1cncc(C(F)(F)F)c1. The molecule has 112 valence electrons. The van der Waals surface area contributed by atoms with Crippen molar-refractivity contribution in [2.75, 3.05) is 7.05 Å². The van der Waals surface area contributed by atoms with Gasteiger partial charge in [-0.2, -0.15) is 13.2 Å². The van der Waals surface area contributed by atoms with Crippen molar-refractivity contribution in [1.29, 1.82) is 0 Å². The summed E-state index contributed by atoms with van der Waals surface area (Å²) in [5.74, 6) is 0. The van der Waals surface area contributed by atoms with Crippen molar-refractivity contribution in [3.63, 3.8) is 0 Å². The lowest BCUT2D eigenvalue weighted by Gasteiger charge is -2.11. The highest BCUT2D eigenvalue weighted by Crippen LogP contribution is 2.33. The first-order chi connectivity index (χ1) is 9.75. The van der Waals surface area contributed by atoms with Gasteiger partial charge in [-0.15, -0.1) is 0 Å². The molecule has 1 heterocycles. The van der Waals surface area contributed by atoms with Crippen LogP contribution in [-0.2, 0) is 16.2 Å². The minimum absolute atomic E-state index is 0.0826. The summed E-state index contributed by atoms with van der Waals surface area (Å²) in [6.07, 6.45) is -2.65. The normalized spacial score (nSPS) is 12.4. The van der Waals surface area contributed by atoms with E-state index in [1.807, 2.05) is 0 Å². The Morgan fingerprint density at radius 1 is 1.14 bits per heavy atom. The Balaban J connectivity index is 2.64. The molecule has 0 atom stereocenters. The van der Waals surface area contributed by atoms with Crippen molar-refractivity contribution in [2.45, 2.75) is 11.1 Å². The van der Waals surface area contributed by atoms with E-state index in [-0.39, 0.29) is 16.0 Å². The minimum atomic E-state index is -4.54. The Labute approximate surface area is 119 Å². The molecule has 0 aliphatic carbocycles. The lowest BCUT2D eigenvalue weighted by Crippen LogP contribution is -2.19. The predicted molar refractivity (Wildman–Crippen MR) is 70.9 cm³/mol. The van der Waals surface area contributed by atoms with E-state index in [1.54, 1.807) is 6.07 Å². The first-order valence-corrected chi connectivity index (χ1v) is 7.29. The lowest BCUT2D eigenvalue weighted by molar-refractivity contribution is -0.137. The molecule has 0 saturated carbocycles. The number of hydrogen-bond donors (Lipinski definition) is 1. The molecule has 0 bridgehead atoms. The molecule has 2 aromatic rings. The number of nitrogens with one attached hydrogen (secondary N) is 1. The number of rotatable bonds is 3. The largest absolute Gasteiger partial charge is 0.417 e. The van der Waals surface area contributed by atoms with Crippen LogP contribution in [0.3, 0.4) is 0 Å². The van der Waals surface area contributed by atoms with E-state index in [0.717, 1.165) is 6.07 Å². The number of benzene rings is 1. The predicted octanol–water partition coefficient (Wildman–Crippen LogP) is 2.68. The molecule has 1 N–H and O–H groups in total. The van der Waals surface area contributed by atoms with Crippen LogP contribution < -0.4 is 4.72 Å². The van der Waals surface area contributed by atoms with Crippen molar-refractivity contribution < 1.29 is 21.6 Å². The van der Waals surface area contributed by atoms with Gasteiger partial charge in [0.15, 0.2) is 0 Å². The Kier molecular flexibility index (Phi) is 4.02. The monoisotopic (exact) mass is 316 g/mol. The average molecular weight is 316 g/mol. The molecule has 0 aliphatic heterocycles. The molecule has 4 nitrogen and oxygen atoms in total. The second kappa shape index (κ2) is 5.45. The molecule has 0 spiro atoms. The zero-order valence-electron chi connectivity index (χ0n) is 10.8. The highest BCUT2D eigenvalue weighted by molar-refractivity contribution is 7.89. The van der Waals surface area contributed by atoms with Crippen LogP contribution in [0.1, 0.15) is 5.56 Å². The van der Waals surface area contributed by atoms with Crippen LogP contribution in [0, 0.1) is 0 Å². The maximum Gasteiger partial charge on any atom is 0.417 e. The molecule has 1 aromatic carbocycles. The topological polar surface area (TPSA) is 59.1 Å². The van der Waals surface area contributed by atoms with E-state index in [0.29, 0.717) is 6.20 Å². The third-order valence-electron chi connectivity index (χ3n) is 2.82. The summed E-state index contributed by atoms with van der Waals surface area (Å²) in [5, 5.41) is 0. The zero-order valence-corrected chi connectivity index (χ0v) is 11.7. The molecule has 0 aliphatic rings. The van der Waals surface area contributed by atoms with Crippen LogP contribution in [-0.4, -0.2) is 20.4 Å². The fraction of sp³-hybridized carbons (Fsp3) is 0.154. The first-order valence-electron chi connectivity index (χ1n) is 5.81. The molecule has 2 rings (SSSR count). The number of hydrogen-bond acceptors (Lipinski definition) is 3. The summed E-state index contributed by atoms with van der Waals surface area (Å²) in [7, 11) is -2.55. The second-order valence-electron chi connectivity index (χ2n) is 4.16. The summed E-state index contributed by atoms with van der Waals surface area (Å²) in [6, 6.07) is 6.67. The molecule has 8 heteroatoms. The van der Waals surface area contributed by atoms with Crippen molar-refractivity contribution in [3.8, 4) is 11.1 Å². The second-order valence-corrected chi connectivity index (χ2v) is 6.02. The summed E-state index contributed by atoms with van der Waals surface area (Å²) in [6.45, 7) is 0. The Hall–Kier alpha value is -1.93. The summed E-state index contributed by atoms with van der Waals surface area (Å²) in [4.78, 5) is 3.44. The number of alkyl halides is 3. The smallest absolute Gasteiger partial charge is 0.263 e. The van der Waals surface area contributed by atoms with E-state index < -0.39 is 21.8 Å². The molecule has 0 unspecified atom stereocenters. The van der Waals surface area contributed by atoms with E-state index in [4.69, 9.17) is 0 Å². The zero-order chi connectivity index (χ0) is 15.7. The molecular formula is C13H11F3N2O2S. The fourth-order valence-corrected chi connectivity index (χ4v) is 2.74. The van der Waals surface area contributed by atoms with Gasteiger partial charge in [0.05, 0.1) is 10.5 Å². The summed E-state index contributed by atoms with van der Waals surface area (Å²) in [5.41, 5.74) is -0.693. The molecule has 0 saturated heterocycles. The van der Waals surface area contributed by atoms with E-state index in [1.165, 1.54) is 31.4 Å². The molecule has 0 fully saturated rings. The highest BCUT2D eigenvalue weighted by atomic mass is 32.2. The summed E-state index contributed by atoms with van der Waals surface area (Å²) < 4.78 is 64.1. The van der Waals surface area contributed by atoms with Crippen molar-refractivity contribution in [2.24, 2.45) is 0 Å². The van der Waals surface area contributed by atoms with Gasteiger partial charge in [0.1, 0.15) is 0 Å². The van der Waals surface area contributed by atoms with E-state index >= 15 is 0 Å². The van der Waals surface area contributed by atoms with Gasteiger partial charge in [-0.3, -0.25) is 4.98 Å². The first kappa shape index (κ1) is 15.5. The Morgan fingerprint density at radius 3 is 2.43 bits per heavy atom. The van der Waals surface area contributed by atoms with Gasteiger partial charge in [0, 0.05) is 23.5 Å². The van der Waals surface area contributed by atoms with Gasteiger partial charge in [-0.25, -0.2) is 13.1 Å². The maximum atomic E-state index is 12.7.